The second-order valence-corrected chi connectivity index (χ2v) is 4.97. The van der Waals surface area contributed by atoms with Crippen LogP contribution in [0.15, 0.2) is 24.3 Å². The van der Waals surface area contributed by atoms with E-state index in [-0.39, 0.29) is 18.4 Å². The van der Waals surface area contributed by atoms with Crippen LogP contribution in [0.4, 0.5) is 0 Å². The van der Waals surface area contributed by atoms with E-state index in [1.165, 1.54) is 0 Å². The Bertz CT molecular complexity index is 406. The lowest BCUT2D eigenvalue weighted by molar-refractivity contribution is -0.127. The molecule has 0 saturated heterocycles. The van der Waals surface area contributed by atoms with Crippen molar-refractivity contribution in [3.05, 3.63) is 29.8 Å². The molecule has 1 aromatic carbocycles. The zero-order valence-corrected chi connectivity index (χ0v) is 10.7. The molecule has 98 valence electrons. The smallest absolute Gasteiger partial charge is 0.261 e. The Morgan fingerprint density at radius 2 is 2.22 bits per heavy atom. The highest BCUT2D eigenvalue weighted by molar-refractivity contribution is 5.82. The third-order valence-corrected chi connectivity index (χ3v) is 3.19. The van der Waals surface area contributed by atoms with E-state index in [2.05, 4.69) is 5.32 Å². The molecule has 4 heteroatoms. The Labute approximate surface area is 107 Å². The van der Waals surface area contributed by atoms with Gasteiger partial charge in [-0.1, -0.05) is 32.0 Å². The van der Waals surface area contributed by atoms with Gasteiger partial charge in [-0.2, -0.15) is 0 Å². The number of rotatable bonds is 4. The van der Waals surface area contributed by atoms with E-state index in [9.17, 15) is 9.90 Å². The Morgan fingerprint density at radius 1 is 1.50 bits per heavy atom. The van der Waals surface area contributed by atoms with Crippen LogP contribution in [0.5, 0.6) is 5.75 Å². The number of carbonyl (C=O) groups is 1. The highest BCUT2D eigenvalue weighted by Gasteiger charge is 2.28. The quantitative estimate of drug-likeness (QED) is 0.840. The molecule has 0 aliphatic carbocycles. The van der Waals surface area contributed by atoms with Gasteiger partial charge in [0.05, 0.1) is 6.10 Å². The number of hydrogen-bond acceptors (Lipinski definition) is 3. The molecule has 0 saturated carbocycles. The fourth-order valence-electron chi connectivity index (χ4n) is 1.88. The first-order valence-corrected chi connectivity index (χ1v) is 6.28. The van der Waals surface area contributed by atoms with Crippen molar-refractivity contribution in [2.45, 2.75) is 32.5 Å². The van der Waals surface area contributed by atoms with Crippen molar-refractivity contribution in [1.82, 2.24) is 5.32 Å². The van der Waals surface area contributed by atoms with Gasteiger partial charge in [-0.25, -0.2) is 0 Å². The third-order valence-electron chi connectivity index (χ3n) is 3.19. The highest BCUT2D eigenvalue weighted by atomic mass is 16.5. The van der Waals surface area contributed by atoms with E-state index < -0.39 is 12.2 Å². The average Bonchev–Trinajstić information content (AvgIpc) is 2.79. The van der Waals surface area contributed by atoms with Gasteiger partial charge in [0.2, 0.25) is 0 Å². The van der Waals surface area contributed by atoms with Crippen LogP contribution in [0.2, 0.25) is 0 Å². The molecule has 0 radical (unpaired) electrons. The second kappa shape index (κ2) is 5.40. The molecule has 0 aromatic heterocycles. The monoisotopic (exact) mass is 249 g/mol. The topological polar surface area (TPSA) is 58.6 Å². The summed E-state index contributed by atoms with van der Waals surface area (Å²) in [5.41, 5.74) is 1.06. The average molecular weight is 249 g/mol. The van der Waals surface area contributed by atoms with Crippen LogP contribution in [-0.4, -0.2) is 29.8 Å². The molecule has 0 spiro atoms. The summed E-state index contributed by atoms with van der Waals surface area (Å²) in [6, 6.07) is 7.66. The molecule has 0 bridgehead atoms. The van der Waals surface area contributed by atoms with Gasteiger partial charge in [-0.3, -0.25) is 4.79 Å². The fraction of sp³-hybridized carbons (Fsp3) is 0.500. The minimum Gasteiger partial charge on any atom is -0.480 e. The number of nitrogens with one attached hydrogen (secondary N) is 1. The lowest BCUT2D eigenvalue weighted by Gasteiger charge is -2.17. The summed E-state index contributed by atoms with van der Waals surface area (Å²) in [5, 5.41) is 12.4. The predicted molar refractivity (Wildman–Crippen MR) is 68.4 cm³/mol. The van der Waals surface area contributed by atoms with Crippen molar-refractivity contribution >= 4 is 5.91 Å². The van der Waals surface area contributed by atoms with E-state index in [0.29, 0.717) is 6.42 Å². The van der Waals surface area contributed by atoms with Gasteiger partial charge in [0.15, 0.2) is 6.10 Å². The predicted octanol–water partition coefficient (Wildman–Crippen LogP) is 1.12. The summed E-state index contributed by atoms with van der Waals surface area (Å²) in [6.07, 6.45) is -0.390. The van der Waals surface area contributed by atoms with E-state index in [1.54, 1.807) is 0 Å². The summed E-state index contributed by atoms with van der Waals surface area (Å²) < 4.78 is 5.57. The molecule has 18 heavy (non-hydrogen) atoms. The molecule has 1 aromatic rings. The van der Waals surface area contributed by atoms with Crippen LogP contribution in [-0.2, 0) is 11.2 Å². The first kappa shape index (κ1) is 12.9. The number of para-hydroxylation sites is 1. The highest BCUT2D eigenvalue weighted by Crippen LogP contribution is 2.28. The Morgan fingerprint density at radius 3 is 2.89 bits per heavy atom. The van der Waals surface area contributed by atoms with Gasteiger partial charge in [-0.15, -0.1) is 0 Å². The summed E-state index contributed by atoms with van der Waals surface area (Å²) in [6.45, 7) is 4.10. The van der Waals surface area contributed by atoms with Crippen molar-refractivity contribution < 1.29 is 14.6 Å². The minimum atomic E-state index is -0.516. The van der Waals surface area contributed by atoms with Gasteiger partial charge < -0.3 is 15.2 Å². The van der Waals surface area contributed by atoms with Crippen LogP contribution in [0.3, 0.4) is 0 Å². The largest absolute Gasteiger partial charge is 0.480 e. The maximum Gasteiger partial charge on any atom is 0.261 e. The van der Waals surface area contributed by atoms with Crippen LogP contribution in [0.1, 0.15) is 19.4 Å². The fourth-order valence-corrected chi connectivity index (χ4v) is 1.88. The summed E-state index contributed by atoms with van der Waals surface area (Å²) in [4.78, 5) is 11.9. The van der Waals surface area contributed by atoms with Crippen molar-refractivity contribution in [3.63, 3.8) is 0 Å². The molecular formula is C14H19NO3. The Kier molecular flexibility index (Phi) is 3.87. The number of aliphatic hydroxyl groups is 1. The SMILES string of the molecule is CC(C)C(O)CNC(=O)C1Cc2ccccc2O1. The molecule has 1 amide bonds. The van der Waals surface area contributed by atoms with Gasteiger partial charge in [0.25, 0.3) is 5.91 Å². The first-order chi connectivity index (χ1) is 8.58. The summed E-state index contributed by atoms with van der Waals surface area (Å²) in [5.74, 6) is 0.750. The molecule has 1 heterocycles. The zero-order chi connectivity index (χ0) is 13.1. The first-order valence-electron chi connectivity index (χ1n) is 6.28. The van der Waals surface area contributed by atoms with Crippen LogP contribution >= 0.6 is 0 Å². The van der Waals surface area contributed by atoms with Crippen molar-refractivity contribution in [3.8, 4) is 5.75 Å². The van der Waals surface area contributed by atoms with Gasteiger partial charge in [-0.05, 0) is 17.5 Å². The van der Waals surface area contributed by atoms with Crippen molar-refractivity contribution in [1.29, 1.82) is 0 Å². The number of fused-ring (bicyclic) bond motifs is 1. The molecule has 2 unspecified atom stereocenters. The van der Waals surface area contributed by atoms with E-state index >= 15 is 0 Å². The standard InChI is InChI=1S/C14H19NO3/c1-9(2)11(16)8-15-14(17)13-7-10-5-3-4-6-12(10)18-13/h3-6,9,11,13,16H,7-8H2,1-2H3,(H,15,17). The molecular weight excluding hydrogens is 230 g/mol. The molecule has 4 nitrogen and oxygen atoms in total. The lowest BCUT2D eigenvalue weighted by atomic mass is 10.1. The minimum absolute atomic E-state index is 0.131. The maximum atomic E-state index is 11.9. The number of benzene rings is 1. The summed E-state index contributed by atoms with van der Waals surface area (Å²) >= 11 is 0. The molecule has 2 rings (SSSR count). The maximum absolute atomic E-state index is 11.9. The van der Waals surface area contributed by atoms with E-state index in [4.69, 9.17) is 4.74 Å². The van der Waals surface area contributed by atoms with Crippen LogP contribution < -0.4 is 10.1 Å². The van der Waals surface area contributed by atoms with Crippen molar-refractivity contribution in [2.75, 3.05) is 6.54 Å². The third kappa shape index (κ3) is 2.82. The lowest BCUT2D eigenvalue weighted by Crippen LogP contribution is -2.42. The number of aliphatic hydroxyl groups excluding tert-OH is 1. The summed E-state index contributed by atoms with van der Waals surface area (Å²) in [7, 11) is 0. The number of ether oxygens (including phenoxy) is 1. The zero-order valence-electron chi connectivity index (χ0n) is 10.7. The molecule has 1 aliphatic heterocycles. The molecule has 2 N–H and O–H groups in total. The van der Waals surface area contributed by atoms with E-state index in [0.717, 1.165) is 11.3 Å². The molecule has 0 fully saturated rings. The molecule has 1 aliphatic rings. The van der Waals surface area contributed by atoms with Gasteiger partial charge >= 0.3 is 0 Å². The molecule has 2 atom stereocenters. The van der Waals surface area contributed by atoms with Crippen LogP contribution in [0, 0.1) is 5.92 Å². The number of carbonyl (C=O) groups excluding carboxylic acids is 1. The van der Waals surface area contributed by atoms with Gasteiger partial charge in [0, 0.05) is 13.0 Å². The normalized spacial score (nSPS) is 19.2. The Hall–Kier alpha value is -1.55. The van der Waals surface area contributed by atoms with E-state index in [1.807, 2.05) is 38.1 Å². The van der Waals surface area contributed by atoms with Crippen LogP contribution in [0.25, 0.3) is 0 Å². The van der Waals surface area contributed by atoms with Crippen molar-refractivity contribution in [2.24, 2.45) is 5.92 Å². The number of hydrogen-bond donors (Lipinski definition) is 2. The van der Waals surface area contributed by atoms with Gasteiger partial charge in [0.1, 0.15) is 5.75 Å². The second-order valence-electron chi connectivity index (χ2n) is 4.97. The Balaban J connectivity index is 1.86. The number of amides is 1.